The lowest BCUT2D eigenvalue weighted by Gasteiger charge is -2.18. The highest BCUT2D eigenvalue weighted by Gasteiger charge is 2.16. The van der Waals surface area contributed by atoms with Crippen molar-refractivity contribution in [3.63, 3.8) is 0 Å². The SMILES string of the molecule is CN(Cc1ccccc1Cl)C(=O)c1cc(N)c(Cl)c(Cl)c1. The first-order valence-electron chi connectivity index (χ1n) is 6.13. The van der Waals surface area contributed by atoms with Crippen LogP contribution in [0.25, 0.3) is 0 Å². The van der Waals surface area contributed by atoms with Gasteiger partial charge in [0, 0.05) is 24.2 Å². The van der Waals surface area contributed by atoms with Crippen LogP contribution in [0.4, 0.5) is 5.69 Å². The summed E-state index contributed by atoms with van der Waals surface area (Å²) in [6.07, 6.45) is 0. The van der Waals surface area contributed by atoms with E-state index in [1.807, 2.05) is 18.2 Å². The van der Waals surface area contributed by atoms with E-state index in [0.29, 0.717) is 17.1 Å². The monoisotopic (exact) mass is 342 g/mol. The van der Waals surface area contributed by atoms with E-state index in [2.05, 4.69) is 0 Å². The lowest BCUT2D eigenvalue weighted by Crippen LogP contribution is -2.26. The Balaban J connectivity index is 2.22. The minimum atomic E-state index is -0.208. The van der Waals surface area contributed by atoms with E-state index in [1.165, 1.54) is 12.1 Å². The van der Waals surface area contributed by atoms with E-state index in [4.69, 9.17) is 40.5 Å². The third-order valence-electron chi connectivity index (χ3n) is 3.02. The van der Waals surface area contributed by atoms with Crippen molar-refractivity contribution in [2.75, 3.05) is 12.8 Å². The number of carbonyl (C=O) groups excluding carboxylic acids is 1. The second-order valence-electron chi connectivity index (χ2n) is 4.61. The molecule has 2 aromatic carbocycles. The number of nitrogen functional groups attached to an aromatic ring is 1. The number of amides is 1. The van der Waals surface area contributed by atoms with Gasteiger partial charge in [0.15, 0.2) is 0 Å². The lowest BCUT2D eigenvalue weighted by molar-refractivity contribution is 0.0785. The van der Waals surface area contributed by atoms with Gasteiger partial charge in [0.1, 0.15) is 0 Å². The number of nitrogens with zero attached hydrogens (tertiary/aromatic N) is 1. The van der Waals surface area contributed by atoms with Crippen LogP contribution in [-0.2, 0) is 6.54 Å². The Labute approximate surface area is 138 Å². The number of carbonyl (C=O) groups is 1. The van der Waals surface area contributed by atoms with Gasteiger partial charge in [0.2, 0.25) is 0 Å². The van der Waals surface area contributed by atoms with Gasteiger partial charge in [0.05, 0.1) is 15.7 Å². The highest BCUT2D eigenvalue weighted by atomic mass is 35.5. The number of benzene rings is 2. The molecular weight excluding hydrogens is 331 g/mol. The van der Waals surface area contributed by atoms with Gasteiger partial charge in [-0.3, -0.25) is 4.79 Å². The second-order valence-corrected chi connectivity index (χ2v) is 5.81. The standard InChI is InChI=1S/C15H13Cl3N2O/c1-20(8-9-4-2-3-5-11(9)16)15(21)10-6-12(17)14(18)13(19)7-10/h2-7H,8,19H2,1H3. The topological polar surface area (TPSA) is 46.3 Å². The fourth-order valence-corrected chi connectivity index (χ4v) is 2.44. The van der Waals surface area contributed by atoms with E-state index in [-0.39, 0.29) is 21.6 Å². The molecular formula is C15H13Cl3N2O. The smallest absolute Gasteiger partial charge is 0.254 e. The van der Waals surface area contributed by atoms with E-state index in [9.17, 15) is 4.79 Å². The highest BCUT2D eigenvalue weighted by molar-refractivity contribution is 6.43. The molecule has 0 aromatic heterocycles. The number of halogens is 3. The van der Waals surface area contributed by atoms with Crippen molar-refractivity contribution >= 4 is 46.4 Å². The first-order valence-corrected chi connectivity index (χ1v) is 7.27. The van der Waals surface area contributed by atoms with Gasteiger partial charge in [0.25, 0.3) is 5.91 Å². The molecule has 0 heterocycles. The Morgan fingerprint density at radius 2 is 1.81 bits per heavy atom. The molecule has 0 aliphatic heterocycles. The predicted octanol–water partition coefficient (Wildman–Crippen LogP) is 4.50. The van der Waals surface area contributed by atoms with Crippen LogP contribution >= 0.6 is 34.8 Å². The molecule has 2 N–H and O–H groups in total. The minimum Gasteiger partial charge on any atom is -0.397 e. The van der Waals surface area contributed by atoms with Crippen molar-refractivity contribution < 1.29 is 4.79 Å². The third kappa shape index (κ3) is 3.62. The molecule has 6 heteroatoms. The molecule has 110 valence electrons. The van der Waals surface area contributed by atoms with Gasteiger partial charge in [-0.2, -0.15) is 0 Å². The van der Waals surface area contributed by atoms with E-state index < -0.39 is 0 Å². The number of hydrogen-bond donors (Lipinski definition) is 1. The summed E-state index contributed by atoms with van der Waals surface area (Å²) in [5.41, 5.74) is 7.25. The Hall–Kier alpha value is -1.42. The van der Waals surface area contributed by atoms with Gasteiger partial charge in [-0.15, -0.1) is 0 Å². The Bertz CT molecular complexity index is 665. The fourth-order valence-electron chi connectivity index (χ4n) is 1.91. The molecule has 0 fully saturated rings. The molecule has 0 bridgehead atoms. The van der Waals surface area contributed by atoms with Crippen LogP contribution < -0.4 is 5.73 Å². The summed E-state index contributed by atoms with van der Waals surface area (Å²) in [4.78, 5) is 13.9. The molecule has 2 aromatic rings. The largest absolute Gasteiger partial charge is 0.397 e. The molecule has 0 aliphatic carbocycles. The predicted molar refractivity (Wildman–Crippen MR) is 88.1 cm³/mol. The second kappa shape index (κ2) is 6.56. The maximum absolute atomic E-state index is 12.4. The summed E-state index contributed by atoms with van der Waals surface area (Å²) < 4.78 is 0. The molecule has 0 atom stereocenters. The molecule has 0 aliphatic rings. The van der Waals surface area contributed by atoms with Crippen molar-refractivity contribution in [3.05, 3.63) is 62.6 Å². The molecule has 0 saturated heterocycles. The summed E-state index contributed by atoms with van der Waals surface area (Å²) in [5.74, 6) is -0.208. The molecule has 3 nitrogen and oxygen atoms in total. The number of anilines is 1. The van der Waals surface area contributed by atoms with Crippen molar-refractivity contribution in [1.82, 2.24) is 4.90 Å². The quantitative estimate of drug-likeness (QED) is 0.834. The lowest BCUT2D eigenvalue weighted by atomic mass is 10.1. The normalized spacial score (nSPS) is 10.5. The van der Waals surface area contributed by atoms with Gasteiger partial charge in [-0.1, -0.05) is 53.0 Å². The average Bonchev–Trinajstić information content (AvgIpc) is 2.45. The summed E-state index contributed by atoms with van der Waals surface area (Å²) in [6.45, 7) is 0.388. The summed E-state index contributed by atoms with van der Waals surface area (Å²) >= 11 is 17.9. The molecule has 0 unspecified atom stereocenters. The van der Waals surface area contributed by atoms with Gasteiger partial charge < -0.3 is 10.6 Å². The molecule has 21 heavy (non-hydrogen) atoms. The van der Waals surface area contributed by atoms with Crippen molar-refractivity contribution in [3.8, 4) is 0 Å². The summed E-state index contributed by atoms with van der Waals surface area (Å²) in [5, 5.41) is 1.12. The van der Waals surface area contributed by atoms with E-state index in [0.717, 1.165) is 5.56 Å². The summed E-state index contributed by atoms with van der Waals surface area (Å²) in [6, 6.07) is 10.4. The van der Waals surface area contributed by atoms with Crippen molar-refractivity contribution in [2.24, 2.45) is 0 Å². The Morgan fingerprint density at radius 3 is 2.43 bits per heavy atom. The van der Waals surface area contributed by atoms with Crippen LogP contribution in [0.1, 0.15) is 15.9 Å². The van der Waals surface area contributed by atoms with Crippen molar-refractivity contribution in [2.45, 2.75) is 6.54 Å². The van der Waals surface area contributed by atoms with Crippen LogP contribution in [0.3, 0.4) is 0 Å². The molecule has 0 spiro atoms. The van der Waals surface area contributed by atoms with Crippen LogP contribution in [0.5, 0.6) is 0 Å². The molecule has 2 rings (SSSR count). The summed E-state index contributed by atoms with van der Waals surface area (Å²) in [7, 11) is 1.68. The average molecular weight is 344 g/mol. The maximum Gasteiger partial charge on any atom is 0.254 e. The maximum atomic E-state index is 12.4. The van der Waals surface area contributed by atoms with E-state index in [1.54, 1.807) is 18.0 Å². The van der Waals surface area contributed by atoms with Crippen LogP contribution in [0.15, 0.2) is 36.4 Å². The van der Waals surface area contributed by atoms with Crippen LogP contribution in [-0.4, -0.2) is 17.9 Å². The van der Waals surface area contributed by atoms with Gasteiger partial charge in [-0.25, -0.2) is 0 Å². The minimum absolute atomic E-state index is 0.208. The Morgan fingerprint density at radius 1 is 1.14 bits per heavy atom. The van der Waals surface area contributed by atoms with Crippen LogP contribution in [0.2, 0.25) is 15.1 Å². The third-order valence-corrected chi connectivity index (χ3v) is 4.20. The number of nitrogens with two attached hydrogens (primary N) is 1. The van der Waals surface area contributed by atoms with E-state index >= 15 is 0 Å². The van der Waals surface area contributed by atoms with Crippen molar-refractivity contribution in [1.29, 1.82) is 0 Å². The zero-order valence-corrected chi connectivity index (χ0v) is 13.5. The van der Waals surface area contributed by atoms with Crippen LogP contribution in [0, 0.1) is 0 Å². The molecule has 0 radical (unpaired) electrons. The molecule has 0 saturated carbocycles. The van der Waals surface area contributed by atoms with Gasteiger partial charge in [-0.05, 0) is 23.8 Å². The first kappa shape index (κ1) is 16.0. The number of hydrogen-bond acceptors (Lipinski definition) is 2. The Kier molecular flexibility index (Phi) is 4.99. The number of rotatable bonds is 3. The zero-order valence-electron chi connectivity index (χ0n) is 11.2. The van der Waals surface area contributed by atoms with Gasteiger partial charge >= 0.3 is 0 Å². The highest BCUT2D eigenvalue weighted by Crippen LogP contribution is 2.30. The molecule has 1 amide bonds. The fraction of sp³-hybridized carbons (Fsp3) is 0.133. The first-order chi connectivity index (χ1) is 9.90. The zero-order chi connectivity index (χ0) is 15.6.